The molecule has 2 aromatic rings. The zero-order valence-corrected chi connectivity index (χ0v) is 15.1. The van der Waals surface area contributed by atoms with Gasteiger partial charge in [-0.05, 0) is 48.7 Å². The molecule has 1 aliphatic heterocycles. The maximum Gasteiger partial charge on any atom is 0.244 e. The molecule has 0 spiro atoms. The van der Waals surface area contributed by atoms with E-state index in [1.165, 1.54) is 11.6 Å². The van der Waals surface area contributed by atoms with Crippen LogP contribution in [0.1, 0.15) is 16.7 Å². The number of fused-ring (bicyclic) bond motifs is 1. The van der Waals surface area contributed by atoms with Gasteiger partial charge in [0, 0.05) is 12.6 Å². The first kappa shape index (κ1) is 17.9. The molecule has 0 radical (unpaired) electrons. The Labute approximate surface area is 153 Å². The van der Waals surface area contributed by atoms with Gasteiger partial charge in [0.05, 0.1) is 7.11 Å². The van der Waals surface area contributed by atoms with E-state index < -0.39 is 0 Å². The van der Waals surface area contributed by atoms with E-state index in [0.717, 1.165) is 22.6 Å². The Balaban J connectivity index is 1.53. The molecule has 0 bridgehead atoms. The fraction of sp³-hybridized carbons (Fsp3) is 0.286. The van der Waals surface area contributed by atoms with E-state index in [9.17, 15) is 4.79 Å². The average molecular weight is 353 g/mol. The van der Waals surface area contributed by atoms with Crippen molar-refractivity contribution in [2.24, 2.45) is 0 Å². The molecule has 136 valence electrons. The maximum atomic E-state index is 12.0. The van der Waals surface area contributed by atoms with Gasteiger partial charge >= 0.3 is 0 Å². The lowest BCUT2D eigenvalue weighted by atomic mass is 10.1. The van der Waals surface area contributed by atoms with Gasteiger partial charge in [-0.2, -0.15) is 0 Å². The van der Waals surface area contributed by atoms with Crippen LogP contribution in [0.15, 0.2) is 42.5 Å². The molecule has 1 aliphatic rings. The van der Waals surface area contributed by atoms with Gasteiger partial charge < -0.3 is 19.5 Å². The number of nitrogens with one attached hydrogen (secondary N) is 1. The molecule has 1 heterocycles. The Morgan fingerprint density at radius 1 is 1.15 bits per heavy atom. The van der Waals surface area contributed by atoms with Gasteiger partial charge in [-0.15, -0.1) is 0 Å². The van der Waals surface area contributed by atoms with E-state index in [2.05, 4.69) is 11.4 Å². The molecule has 1 amide bonds. The van der Waals surface area contributed by atoms with Crippen molar-refractivity contribution >= 4 is 12.0 Å². The molecular formula is C21H23NO4. The number of ether oxygens (including phenoxy) is 3. The summed E-state index contributed by atoms with van der Waals surface area (Å²) in [5.74, 6) is 2.17. The molecule has 0 fully saturated rings. The number of benzene rings is 2. The second-order valence-corrected chi connectivity index (χ2v) is 6.09. The lowest BCUT2D eigenvalue weighted by Gasteiger charge is -2.18. The Hall–Kier alpha value is -2.95. The molecule has 5 heteroatoms. The quantitative estimate of drug-likeness (QED) is 0.811. The molecule has 0 atom stereocenters. The number of aryl methyl sites for hydroxylation is 1. The molecule has 2 aromatic carbocycles. The summed E-state index contributed by atoms with van der Waals surface area (Å²) in [6.45, 7) is 3.70. The predicted molar refractivity (Wildman–Crippen MR) is 101 cm³/mol. The van der Waals surface area contributed by atoms with Crippen LogP contribution >= 0.6 is 0 Å². The van der Waals surface area contributed by atoms with Crippen LogP contribution in [0.2, 0.25) is 0 Å². The van der Waals surface area contributed by atoms with Crippen molar-refractivity contribution in [3.8, 4) is 17.2 Å². The van der Waals surface area contributed by atoms with Crippen LogP contribution in [-0.4, -0.2) is 32.8 Å². The zero-order chi connectivity index (χ0) is 18.4. The van der Waals surface area contributed by atoms with Gasteiger partial charge in [-0.25, -0.2) is 0 Å². The first-order valence-corrected chi connectivity index (χ1v) is 8.65. The van der Waals surface area contributed by atoms with Crippen LogP contribution in [0.5, 0.6) is 17.2 Å². The summed E-state index contributed by atoms with van der Waals surface area (Å²) in [6.07, 6.45) is 4.01. The van der Waals surface area contributed by atoms with E-state index in [4.69, 9.17) is 14.2 Å². The maximum absolute atomic E-state index is 12.0. The van der Waals surface area contributed by atoms with E-state index in [1.807, 2.05) is 37.3 Å². The van der Waals surface area contributed by atoms with Crippen molar-refractivity contribution in [2.75, 3.05) is 26.9 Å². The molecule has 0 aromatic heterocycles. The van der Waals surface area contributed by atoms with Crippen LogP contribution in [-0.2, 0) is 11.2 Å². The molecule has 0 saturated heterocycles. The smallest absolute Gasteiger partial charge is 0.244 e. The fourth-order valence-electron chi connectivity index (χ4n) is 2.82. The molecule has 0 aliphatic carbocycles. The van der Waals surface area contributed by atoms with Crippen molar-refractivity contribution < 1.29 is 19.0 Å². The summed E-state index contributed by atoms with van der Waals surface area (Å²) in [5, 5.41) is 2.90. The van der Waals surface area contributed by atoms with E-state index in [0.29, 0.717) is 31.9 Å². The number of hydrogen-bond acceptors (Lipinski definition) is 4. The number of carbonyl (C=O) groups is 1. The fourth-order valence-corrected chi connectivity index (χ4v) is 2.82. The van der Waals surface area contributed by atoms with E-state index >= 15 is 0 Å². The molecule has 0 unspecified atom stereocenters. The van der Waals surface area contributed by atoms with Crippen LogP contribution in [0, 0.1) is 6.92 Å². The Bertz CT molecular complexity index is 814. The highest BCUT2D eigenvalue weighted by Gasteiger charge is 2.10. The highest BCUT2D eigenvalue weighted by atomic mass is 16.6. The molecule has 1 N–H and O–H groups in total. The molecule has 5 nitrogen and oxygen atoms in total. The third-order valence-corrected chi connectivity index (χ3v) is 4.12. The third kappa shape index (κ3) is 4.57. The topological polar surface area (TPSA) is 56.8 Å². The zero-order valence-electron chi connectivity index (χ0n) is 15.1. The minimum Gasteiger partial charge on any atom is -0.496 e. The van der Waals surface area contributed by atoms with Crippen molar-refractivity contribution in [3.63, 3.8) is 0 Å². The number of methoxy groups -OCH3 is 1. The Morgan fingerprint density at radius 2 is 1.96 bits per heavy atom. The molecule has 0 saturated carbocycles. The first-order chi connectivity index (χ1) is 12.7. The number of amides is 1. The molecule has 3 rings (SSSR count). The van der Waals surface area contributed by atoms with Crippen molar-refractivity contribution in [1.82, 2.24) is 5.32 Å². The average Bonchev–Trinajstić information content (AvgIpc) is 2.66. The summed E-state index contributed by atoms with van der Waals surface area (Å²) in [5.41, 5.74) is 3.15. The minimum absolute atomic E-state index is 0.133. The van der Waals surface area contributed by atoms with Crippen LogP contribution in [0.4, 0.5) is 0 Å². The monoisotopic (exact) mass is 353 g/mol. The second kappa shape index (κ2) is 8.43. The number of carbonyl (C=O) groups excluding carboxylic acids is 1. The highest BCUT2D eigenvalue weighted by Crippen LogP contribution is 2.31. The van der Waals surface area contributed by atoms with Crippen molar-refractivity contribution in [1.29, 1.82) is 0 Å². The van der Waals surface area contributed by atoms with Crippen molar-refractivity contribution in [3.05, 3.63) is 59.2 Å². The SMILES string of the molecule is COc1ccc(C)cc1CCNC(=O)/C=C/c1ccc2c(c1)OCCO2. The predicted octanol–water partition coefficient (Wildman–Crippen LogP) is 3.15. The van der Waals surface area contributed by atoms with Gasteiger partial charge in [0.15, 0.2) is 11.5 Å². The van der Waals surface area contributed by atoms with E-state index in [1.54, 1.807) is 13.2 Å². The lowest BCUT2D eigenvalue weighted by Crippen LogP contribution is -2.23. The van der Waals surface area contributed by atoms with Gasteiger partial charge in [-0.3, -0.25) is 4.79 Å². The Kier molecular flexibility index (Phi) is 5.79. The summed E-state index contributed by atoms with van der Waals surface area (Å²) in [6, 6.07) is 11.7. The molecule has 26 heavy (non-hydrogen) atoms. The van der Waals surface area contributed by atoms with Crippen LogP contribution in [0.25, 0.3) is 6.08 Å². The standard InChI is InChI=1S/C21H23NO4/c1-15-3-6-18(24-2)17(13-15)9-10-22-21(23)8-5-16-4-7-19-20(14-16)26-12-11-25-19/h3-8,13-14H,9-12H2,1-2H3,(H,22,23)/b8-5+. The van der Waals surface area contributed by atoms with E-state index in [-0.39, 0.29) is 5.91 Å². The highest BCUT2D eigenvalue weighted by molar-refractivity contribution is 5.91. The summed E-state index contributed by atoms with van der Waals surface area (Å²) in [4.78, 5) is 12.0. The van der Waals surface area contributed by atoms with Gasteiger partial charge in [0.25, 0.3) is 0 Å². The largest absolute Gasteiger partial charge is 0.496 e. The lowest BCUT2D eigenvalue weighted by molar-refractivity contribution is -0.116. The van der Waals surface area contributed by atoms with Gasteiger partial charge in [-0.1, -0.05) is 23.8 Å². The number of rotatable bonds is 6. The van der Waals surface area contributed by atoms with Crippen LogP contribution in [0.3, 0.4) is 0 Å². The Morgan fingerprint density at radius 3 is 2.77 bits per heavy atom. The van der Waals surface area contributed by atoms with Crippen molar-refractivity contribution in [2.45, 2.75) is 13.3 Å². The first-order valence-electron chi connectivity index (χ1n) is 8.65. The summed E-state index contributed by atoms with van der Waals surface area (Å²) >= 11 is 0. The molecular weight excluding hydrogens is 330 g/mol. The summed E-state index contributed by atoms with van der Waals surface area (Å²) in [7, 11) is 1.66. The normalized spacial score (nSPS) is 12.8. The van der Waals surface area contributed by atoms with Crippen LogP contribution < -0.4 is 19.5 Å². The van der Waals surface area contributed by atoms with Gasteiger partial charge in [0.2, 0.25) is 5.91 Å². The summed E-state index contributed by atoms with van der Waals surface area (Å²) < 4.78 is 16.4. The van der Waals surface area contributed by atoms with Gasteiger partial charge in [0.1, 0.15) is 19.0 Å². The minimum atomic E-state index is -0.133. The number of hydrogen-bond donors (Lipinski definition) is 1. The third-order valence-electron chi connectivity index (χ3n) is 4.12. The second-order valence-electron chi connectivity index (χ2n) is 6.09.